The number of ether oxygens (including phenoxy) is 2. The molecule has 0 amide bonds. The van der Waals surface area contributed by atoms with Gasteiger partial charge in [-0.25, -0.2) is 0 Å². The molecule has 3 aromatic carbocycles. The molecule has 1 aliphatic rings. The number of hydrogen-bond acceptors (Lipinski definition) is 3. The maximum atomic E-state index is 7.52. The molecule has 1 heterocycles. The van der Waals surface area contributed by atoms with Crippen LogP contribution in [0.3, 0.4) is 0 Å². The van der Waals surface area contributed by atoms with Crippen LogP contribution in [0, 0.1) is 5.92 Å². The summed E-state index contributed by atoms with van der Waals surface area (Å²) in [7, 11) is -2.59. The van der Waals surface area contributed by atoms with Crippen molar-refractivity contribution < 1.29 is 13.9 Å². The van der Waals surface area contributed by atoms with E-state index in [1.807, 2.05) is 6.07 Å². The molecule has 0 N–H and O–H groups in total. The van der Waals surface area contributed by atoms with Crippen LogP contribution in [-0.2, 0) is 20.5 Å². The van der Waals surface area contributed by atoms with E-state index in [-0.39, 0.29) is 23.4 Å². The lowest BCUT2D eigenvalue weighted by molar-refractivity contribution is -0.0315. The summed E-state index contributed by atoms with van der Waals surface area (Å²) >= 11 is 0. The SMILES string of the molecule is CCC[C@@H](C[C@@H]1CC[C@H]([C@H](C)COCc2ccccc2)O1)O[Si](c1ccccc1)(c1ccccc1)C(C)(C)C. The van der Waals surface area contributed by atoms with E-state index >= 15 is 0 Å². The Kier molecular flexibility index (Phi) is 10.6. The van der Waals surface area contributed by atoms with Crippen LogP contribution in [0.2, 0.25) is 5.04 Å². The van der Waals surface area contributed by atoms with Gasteiger partial charge in [-0.05, 0) is 46.7 Å². The first-order chi connectivity index (χ1) is 18.8. The van der Waals surface area contributed by atoms with Gasteiger partial charge in [0.05, 0.1) is 25.4 Å². The second kappa shape index (κ2) is 13.9. The summed E-state index contributed by atoms with van der Waals surface area (Å²) in [5.41, 5.74) is 1.22. The molecule has 0 aliphatic carbocycles. The molecular formula is C35H48O3Si. The minimum absolute atomic E-state index is 0.0224. The summed E-state index contributed by atoms with van der Waals surface area (Å²) in [4.78, 5) is 0. The van der Waals surface area contributed by atoms with E-state index in [0.717, 1.165) is 38.7 Å². The predicted octanol–water partition coefficient (Wildman–Crippen LogP) is 7.52. The molecule has 39 heavy (non-hydrogen) atoms. The van der Waals surface area contributed by atoms with Crippen LogP contribution in [0.1, 0.15) is 72.3 Å². The standard InChI is InChI=1S/C35H48O3Si/c1-6-16-31(25-30-23-24-34(37-30)28(2)26-36-27-29-17-10-7-11-18-29)38-39(35(3,4)5,32-19-12-8-13-20-32)33-21-14-9-15-22-33/h7-15,17-22,28,30-31,34H,6,16,23-27H2,1-5H3/t28-,30+,31+,34-/m1/s1. The molecule has 0 unspecified atom stereocenters. The van der Waals surface area contributed by atoms with Crippen molar-refractivity contribution in [2.45, 2.75) is 96.7 Å². The molecule has 210 valence electrons. The van der Waals surface area contributed by atoms with Gasteiger partial charge in [-0.2, -0.15) is 0 Å². The highest BCUT2D eigenvalue weighted by Gasteiger charge is 2.51. The molecule has 0 spiro atoms. The van der Waals surface area contributed by atoms with Crippen molar-refractivity contribution in [1.29, 1.82) is 0 Å². The second-order valence-electron chi connectivity index (χ2n) is 12.3. The molecular weight excluding hydrogens is 496 g/mol. The molecule has 4 heteroatoms. The lowest BCUT2D eigenvalue weighted by Crippen LogP contribution is -2.67. The van der Waals surface area contributed by atoms with E-state index in [0.29, 0.717) is 12.5 Å². The van der Waals surface area contributed by atoms with Crippen LogP contribution < -0.4 is 10.4 Å². The highest BCUT2D eigenvalue weighted by atomic mass is 28.4. The van der Waals surface area contributed by atoms with E-state index in [1.165, 1.54) is 15.9 Å². The van der Waals surface area contributed by atoms with Gasteiger partial charge in [0.15, 0.2) is 0 Å². The Hall–Kier alpha value is -2.24. The van der Waals surface area contributed by atoms with Crippen molar-refractivity contribution in [3.8, 4) is 0 Å². The summed E-state index contributed by atoms with van der Waals surface area (Å²) in [6.07, 6.45) is 5.94. The highest BCUT2D eigenvalue weighted by Crippen LogP contribution is 2.39. The average molecular weight is 545 g/mol. The van der Waals surface area contributed by atoms with Crippen molar-refractivity contribution in [1.82, 2.24) is 0 Å². The zero-order chi connectivity index (χ0) is 27.7. The first-order valence-electron chi connectivity index (χ1n) is 14.9. The van der Waals surface area contributed by atoms with E-state index in [2.05, 4.69) is 120 Å². The zero-order valence-corrected chi connectivity index (χ0v) is 25.6. The summed E-state index contributed by atoms with van der Waals surface area (Å²) in [5, 5.41) is 2.67. The van der Waals surface area contributed by atoms with Crippen molar-refractivity contribution >= 4 is 18.7 Å². The molecule has 0 radical (unpaired) electrons. The Morgan fingerprint density at radius 3 is 1.95 bits per heavy atom. The fourth-order valence-corrected chi connectivity index (χ4v) is 10.9. The van der Waals surface area contributed by atoms with E-state index < -0.39 is 8.32 Å². The van der Waals surface area contributed by atoms with Crippen LogP contribution in [0.5, 0.6) is 0 Å². The minimum Gasteiger partial charge on any atom is -0.404 e. The van der Waals surface area contributed by atoms with Crippen LogP contribution >= 0.6 is 0 Å². The van der Waals surface area contributed by atoms with Gasteiger partial charge in [0, 0.05) is 12.0 Å². The maximum Gasteiger partial charge on any atom is 0.261 e. The average Bonchev–Trinajstić information content (AvgIpc) is 3.41. The smallest absolute Gasteiger partial charge is 0.261 e. The van der Waals surface area contributed by atoms with Gasteiger partial charge in [-0.15, -0.1) is 0 Å². The van der Waals surface area contributed by atoms with E-state index in [4.69, 9.17) is 13.9 Å². The Bertz CT molecular complexity index is 1060. The van der Waals surface area contributed by atoms with Gasteiger partial charge in [0.2, 0.25) is 0 Å². The highest BCUT2D eigenvalue weighted by molar-refractivity contribution is 6.99. The van der Waals surface area contributed by atoms with Gasteiger partial charge >= 0.3 is 0 Å². The van der Waals surface area contributed by atoms with Gasteiger partial charge in [-0.3, -0.25) is 0 Å². The van der Waals surface area contributed by atoms with Gasteiger partial charge < -0.3 is 13.9 Å². The Morgan fingerprint density at radius 1 is 0.846 bits per heavy atom. The molecule has 1 fully saturated rings. The van der Waals surface area contributed by atoms with Crippen molar-refractivity contribution in [2.75, 3.05) is 6.61 Å². The number of benzene rings is 3. The third kappa shape index (κ3) is 7.49. The largest absolute Gasteiger partial charge is 0.404 e. The van der Waals surface area contributed by atoms with Gasteiger partial charge in [0.1, 0.15) is 0 Å². The summed E-state index contributed by atoms with van der Waals surface area (Å²) < 4.78 is 20.2. The summed E-state index contributed by atoms with van der Waals surface area (Å²) in [6.45, 7) is 13.0. The predicted molar refractivity (Wildman–Crippen MR) is 165 cm³/mol. The Morgan fingerprint density at radius 2 is 1.41 bits per heavy atom. The monoisotopic (exact) mass is 544 g/mol. The van der Waals surface area contributed by atoms with Crippen LogP contribution in [-0.4, -0.2) is 33.2 Å². The molecule has 3 aromatic rings. The van der Waals surface area contributed by atoms with Crippen molar-refractivity contribution in [2.24, 2.45) is 5.92 Å². The van der Waals surface area contributed by atoms with Gasteiger partial charge in [0.25, 0.3) is 8.32 Å². The van der Waals surface area contributed by atoms with E-state index in [1.54, 1.807) is 0 Å². The third-order valence-electron chi connectivity index (χ3n) is 8.16. The van der Waals surface area contributed by atoms with Crippen LogP contribution in [0.4, 0.5) is 0 Å². The molecule has 1 saturated heterocycles. The topological polar surface area (TPSA) is 27.7 Å². The molecule has 0 saturated carbocycles. The summed E-state index contributed by atoms with van der Waals surface area (Å²) in [6, 6.07) is 32.4. The number of rotatable bonds is 13. The first kappa shape index (κ1) is 29.7. The van der Waals surface area contributed by atoms with Crippen LogP contribution in [0.25, 0.3) is 0 Å². The normalized spacial score (nSPS) is 19.6. The lowest BCUT2D eigenvalue weighted by Gasteiger charge is -2.45. The third-order valence-corrected chi connectivity index (χ3v) is 13.3. The molecule has 4 atom stereocenters. The molecule has 4 rings (SSSR count). The molecule has 0 bridgehead atoms. The minimum atomic E-state index is -2.59. The maximum absolute atomic E-state index is 7.52. The zero-order valence-electron chi connectivity index (χ0n) is 24.6. The lowest BCUT2D eigenvalue weighted by atomic mass is 10.0. The fraction of sp³-hybridized carbons (Fsp3) is 0.486. The Labute approximate surface area is 238 Å². The quantitative estimate of drug-likeness (QED) is 0.208. The van der Waals surface area contributed by atoms with E-state index in [9.17, 15) is 0 Å². The molecule has 0 aromatic heterocycles. The fourth-order valence-electron chi connectivity index (χ4n) is 6.15. The van der Waals surface area contributed by atoms with Crippen LogP contribution in [0.15, 0.2) is 91.0 Å². The van der Waals surface area contributed by atoms with Crippen molar-refractivity contribution in [3.63, 3.8) is 0 Å². The number of hydrogen-bond donors (Lipinski definition) is 0. The second-order valence-corrected chi connectivity index (χ2v) is 16.5. The van der Waals surface area contributed by atoms with Crippen molar-refractivity contribution in [3.05, 3.63) is 96.6 Å². The van der Waals surface area contributed by atoms with Gasteiger partial charge in [-0.1, -0.05) is 132 Å². The molecule has 3 nitrogen and oxygen atoms in total. The molecule has 1 aliphatic heterocycles. The first-order valence-corrected chi connectivity index (χ1v) is 16.8. The Balaban J connectivity index is 1.46. The summed E-state index contributed by atoms with van der Waals surface area (Å²) in [5.74, 6) is 0.376.